The van der Waals surface area contributed by atoms with Gasteiger partial charge >= 0.3 is 0 Å². The number of rotatable bonds is 1. The first-order valence-corrected chi connectivity index (χ1v) is 3.77. The van der Waals surface area contributed by atoms with Crippen molar-refractivity contribution in [2.75, 3.05) is 0 Å². The molecule has 0 spiro atoms. The van der Waals surface area contributed by atoms with E-state index in [2.05, 4.69) is 20.2 Å². The van der Waals surface area contributed by atoms with Gasteiger partial charge in [-0.1, -0.05) is 20.8 Å². The zero-order valence-electron chi connectivity index (χ0n) is 7.74. The van der Waals surface area contributed by atoms with E-state index in [1.165, 1.54) is 6.33 Å². The maximum Gasteiger partial charge on any atom is 0.246 e. The first-order valence-electron chi connectivity index (χ1n) is 3.77. The standard InChI is InChI=1S/C7H12N4O2/c1-7(2,3)13-6(12)10-5-8-4-9-11-5/h4H,1-3H3,(H2,8,9,10,11,12)/p-1. The molecule has 1 rings (SSSR count). The van der Waals surface area contributed by atoms with Crippen LogP contribution in [0.2, 0.25) is 0 Å². The van der Waals surface area contributed by atoms with Crippen LogP contribution in [0.1, 0.15) is 20.8 Å². The largest absolute Gasteiger partial charge is 0.594 e. The van der Waals surface area contributed by atoms with E-state index in [4.69, 9.17) is 4.74 Å². The van der Waals surface area contributed by atoms with Gasteiger partial charge in [0.25, 0.3) is 0 Å². The molecular weight excluding hydrogens is 172 g/mol. The van der Waals surface area contributed by atoms with Gasteiger partial charge in [-0.25, -0.2) is 5.10 Å². The van der Waals surface area contributed by atoms with Gasteiger partial charge in [0.2, 0.25) is 5.95 Å². The van der Waals surface area contributed by atoms with Gasteiger partial charge in [0.1, 0.15) is 6.33 Å². The van der Waals surface area contributed by atoms with Gasteiger partial charge in [0.15, 0.2) is 6.08 Å². The first-order chi connectivity index (χ1) is 5.97. The minimum absolute atomic E-state index is 0.147. The minimum Gasteiger partial charge on any atom is -0.594 e. The van der Waals surface area contributed by atoms with Crippen LogP contribution in [0.15, 0.2) is 11.3 Å². The highest BCUT2D eigenvalue weighted by Gasteiger charge is 2.04. The van der Waals surface area contributed by atoms with Gasteiger partial charge in [-0.2, -0.15) is 15.1 Å². The highest BCUT2D eigenvalue weighted by molar-refractivity contribution is 5.65. The molecule has 0 aliphatic heterocycles. The summed E-state index contributed by atoms with van der Waals surface area (Å²) in [6, 6.07) is 0. The van der Waals surface area contributed by atoms with Crippen molar-refractivity contribution in [2.45, 2.75) is 26.4 Å². The first kappa shape index (κ1) is 9.50. The molecule has 6 nitrogen and oxygen atoms in total. The summed E-state index contributed by atoms with van der Waals surface area (Å²) < 4.78 is 4.92. The number of aliphatic imine (C=N–C) groups is 1. The van der Waals surface area contributed by atoms with Crippen molar-refractivity contribution < 1.29 is 9.84 Å². The maximum absolute atomic E-state index is 11.0. The Kier molecular flexibility index (Phi) is 2.50. The zero-order chi connectivity index (χ0) is 9.90. The summed E-state index contributed by atoms with van der Waals surface area (Å²) in [6.45, 7) is 5.29. The Balaban J connectivity index is 2.63. The van der Waals surface area contributed by atoms with E-state index in [-0.39, 0.29) is 5.95 Å². The number of hydrogen-bond acceptors (Lipinski definition) is 5. The monoisotopic (exact) mass is 183 g/mol. The Labute approximate surface area is 75.7 Å². The molecule has 0 amide bonds. The number of hydrogen-bond donors (Lipinski definition) is 1. The topological polar surface area (TPSA) is 86.2 Å². The van der Waals surface area contributed by atoms with Gasteiger partial charge in [-0.3, -0.25) is 0 Å². The molecule has 0 radical (unpaired) electrons. The van der Waals surface area contributed by atoms with E-state index in [0.29, 0.717) is 0 Å². The van der Waals surface area contributed by atoms with Gasteiger partial charge < -0.3 is 9.84 Å². The maximum atomic E-state index is 11.0. The smallest absolute Gasteiger partial charge is 0.246 e. The third-order valence-corrected chi connectivity index (χ3v) is 0.993. The van der Waals surface area contributed by atoms with E-state index >= 15 is 0 Å². The summed E-state index contributed by atoms with van der Waals surface area (Å²) in [7, 11) is 0. The van der Waals surface area contributed by atoms with Crippen LogP contribution in [0, 0.1) is 0 Å². The summed E-state index contributed by atoms with van der Waals surface area (Å²) in [5.74, 6) is 0.147. The lowest BCUT2D eigenvalue weighted by Crippen LogP contribution is -2.31. The number of aromatic nitrogens is 3. The average molecular weight is 183 g/mol. The highest BCUT2D eigenvalue weighted by Crippen LogP contribution is 2.07. The molecule has 1 aromatic heterocycles. The predicted octanol–water partition coefficient (Wildman–Crippen LogP) is -0.0324. The summed E-state index contributed by atoms with van der Waals surface area (Å²) in [6.07, 6.45) is 0.590. The molecule has 0 saturated heterocycles. The van der Waals surface area contributed by atoms with Crippen LogP contribution in [0.3, 0.4) is 0 Å². The van der Waals surface area contributed by atoms with Crippen LogP contribution in [-0.4, -0.2) is 26.9 Å². The van der Waals surface area contributed by atoms with Crippen LogP contribution in [-0.2, 0) is 4.74 Å². The fourth-order valence-corrected chi connectivity index (χ4v) is 0.624. The van der Waals surface area contributed by atoms with E-state index in [1.807, 2.05) is 0 Å². The van der Waals surface area contributed by atoms with Gasteiger partial charge in [-0.15, -0.1) is 0 Å². The quantitative estimate of drug-likeness (QED) is 0.489. The van der Waals surface area contributed by atoms with Crippen LogP contribution >= 0.6 is 0 Å². The van der Waals surface area contributed by atoms with E-state index in [1.54, 1.807) is 20.8 Å². The fraction of sp³-hybridized carbons (Fsp3) is 0.571. The molecule has 0 saturated carbocycles. The molecule has 1 aromatic rings. The second-order valence-electron chi connectivity index (χ2n) is 3.40. The van der Waals surface area contributed by atoms with Gasteiger partial charge in [0.05, 0.1) is 0 Å². The van der Waals surface area contributed by atoms with E-state index in [9.17, 15) is 5.11 Å². The van der Waals surface area contributed by atoms with Crippen molar-refractivity contribution in [1.82, 2.24) is 15.2 Å². The number of H-pyrrole nitrogens is 1. The lowest BCUT2D eigenvalue weighted by Gasteiger charge is -2.29. The highest BCUT2D eigenvalue weighted by atomic mass is 16.6. The SMILES string of the molecule is CC(C)(C)O/C([O-])=N/c1ncn[nH]1. The third kappa shape index (κ3) is 3.55. The van der Waals surface area contributed by atoms with Crippen LogP contribution in [0.25, 0.3) is 0 Å². The predicted molar refractivity (Wildman–Crippen MR) is 44.3 cm³/mol. The minimum atomic E-state index is -0.677. The Hall–Kier alpha value is -1.59. The second kappa shape index (κ2) is 3.42. The van der Waals surface area contributed by atoms with Crippen molar-refractivity contribution in [2.24, 2.45) is 4.99 Å². The van der Waals surface area contributed by atoms with Crippen LogP contribution in [0.4, 0.5) is 5.95 Å². The number of aromatic amines is 1. The van der Waals surface area contributed by atoms with E-state index < -0.39 is 11.7 Å². The van der Waals surface area contributed by atoms with Gasteiger partial charge in [-0.05, 0) is 0 Å². The third-order valence-electron chi connectivity index (χ3n) is 0.993. The summed E-state index contributed by atoms with van der Waals surface area (Å²) in [5.41, 5.74) is -0.541. The summed E-state index contributed by atoms with van der Waals surface area (Å²) >= 11 is 0. The van der Waals surface area contributed by atoms with Crippen LogP contribution < -0.4 is 5.11 Å². The molecule has 0 aliphatic carbocycles. The molecule has 0 atom stereocenters. The molecule has 0 bridgehead atoms. The van der Waals surface area contributed by atoms with Crippen molar-refractivity contribution in [3.8, 4) is 0 Å². The molecule has 0 aromatic carbocycles. The van der Waals surface area contributed by atoms with Crippen molar-refractivity contribution in [3.63, 3.8) is 0 Å². The Morgan fingerprint density at radius 2 is 2.31 bits per heavy atom. The summed E-state index contributed by atoms with van der Waals surface area (Å²) in [4.78, 5) is 7.17. The van der Waals surface area contributed by atoms with Crippen molar-refractivity contribution >= 4 is 12.0 Å². The molecule has 13 heavy (non-hydrogen) atoms. The Bertz CT molecular complexity index is 286. The molecule has 1 heterocycles. The molecule has 72 valence electrons. The van der Waals surface area contributed by atoms with Crippen LogP contribution in [0.5, 0.6) is 0 Å². The Morgan fingerprint density at radius 3 is 2.77 bits per heavy atom. The second-order valence-corrected chi connectivity index (χ2v) is 3.40. The fourth-order valence-electron chi connectivity index (χ4n) is 0.624. The summed E-state index contributed by atoms with van der Waals surface area (Å²) in [5, 5.41) is 17.0. The lowest BCUT2D eigenvalue weighted by atomic mass is 10.2. The number of ether oxygens (including phenoxy) is 1. The lowest BCUT2D eigenvalue weighted by molar-refractivity contribution is -0.259. The molecule has 0 unspecified atom stereocenters. The molecule has 6 heteroatoms. The zero-order valence-corrected chi connectivity index (χ0v) is 7.74. The number of nitrogens with zero attached hydrogens (tertiary/aromatic N) is 3. The molecule has 0 fully saturated rings. The average Bonchev–Trinajstić information content (AvgIpc) is 2.34. The van der Waals surface area contributed by atoms with Crippen molar-refractivity contribution in [1.29, 1.82) is 0 Å². The normalized spacial score (nSPS) is 13.0. The molecular formula is C7H11N4O2-. The Morgan fingerprint density at radius 1 is 1.62 bits per heavy atom. The molecule has 1 N–H and O–H groups in total. The number of nitrogens with one attached hydrogen (secondary N) is 1. The van der Waals surface area contributed by atoms with Crippen molar-refractivity contribution in [3.05, 3.63) is 6.33 Å². The van der Waals surface area contributed by atoms with Gasteiger partial charge in [0, 0.05) is 5.60 Å². The molecule has 0 aliphatic rings. The van der Waals surface area contributed by atoms with E-state index in [0.717, 1.165) is 0 Å².